The van der Waals surface area contributed by atoms with Crippen LogP contribution in [0.15, 0.2) is 48.5 Å². The van der Waals surface area contributed by atoms with Crippen LogP contribution in [0.3, 0.4) is 0 Å². The number of nitrogens with zero attached hydrogens (tertiary/aromatic N) is 1. The first-order chi connectivity index (χ1) is 13.4. The SMILES string of the molecule is COc1cccc(NC(=O)CN(C)C(C)C(=O)NCc2ccccc2OC)c1. The van der Waals surface area contributed by atoms with Crippen molar-refractivity contribution in [1.82, 2.24) is 10.2 Å². The fraction of sp³-hybridized carbons (Fsp3) is 0.333. The Labute approximate surface area is 165 Å². The maximum atomic E-state index is 12.4. The lowest BCUT2D eigenvalue weighted by Crippen LogP contribution is -2.45. The Kier molecular flexibility index (Phi) is 7.83. The fourth-order valence-electron chi connectivity index (χ4n) is 2.64. The highest BCUT2D eigenvalue weighted by Crippen LogP contribution is 2.17. The fourth-order valence-corrected chi connectivity index (χ4v) is 2.64. The maximum absolute atomic E-state index is 12.4. The highest BCUT2D eigenvalue weighted by atomic mass is 16.5. The predicted molar refractivity (Wildman–Crippen MR) is 109 cm³/mol. The third kappa shape index (κ3) is 5.99. The van der Waals surface area contributed by atoms with Gasteiger partial charge >= 0.3 is 0 Å². The van der Waals surface area contributed by atoms with Crippen molar-refractivity contribution < 1.29 is 19.1 Å². The first kappa shape index (κ1) is 21.2. The Hall–Kier alpha value is -3.06. The van der Waals surface area contributed by atoms with Gasteiger partial charge in [-0.3, -0.25) is 14.5 Å². The third-order valence-corrected chi connectivity index (χ3v) is 4.43. The first-order valence-corrected chi connectivity index (χ1v) is 8.98. The number of rotatable bonds is 9. The second kappa shape index (κ2) is 10.3. The van der Waals surface area contributed by atoms with Crippen LogP contribution in [-0.2, 0) is 16.1 Å². The Bertz CT molecular complexity index is 810. The molecule has 1 atom stereocenters. The molecule has 0 aliphatic rings. The van der Waals surface area contributed by atoms with Gasteiger partial charge in [-0.05, 0) is 32.2 Å². The number of nitrogens with one attached hydrogen (secondary N) is 2. The van der Waals surface area contributed by atoms with Crippen LogP contribution in [-0.4, -0.2) is 50.6 Å². The summed E-state index contributed by atoms with van der Waals surface area (Å²) in [6, 6.07) is 14.2. The number of hydrogen-bond acceptors (Lipinski definition) is 5. The topological polar surface area (TPSA) is 79.9 Å². The molecule has 0 spiro atoms. The van der Waals surface area contributed by atoms with Crippen LogP contribution in [0.25, 0.3) is 0 Å². The van der Waals surface area contributed by atoms with E-state index in [-0.39, 0.29) is 18.4 Å². The standard InChI is InChI=1S/C21H27N3O4/c1-15(21(26)22-13-16-8-5-6-11-19(16)28-4)24(2)14-20(25)23-17-9-7-10-18(12-17)27-3/h5-12,15H,13-14H2,1-4H3,(H,22,26)(H,23,25). The van der Waals surface area contributed by atoms with E-state index in [9.17, 15) is 9.59 Å². The molecular weight excluding hydrogens is 358 g/mol. The van der Waals surface area contributed by atoms with Gasteiger partial charge in [-0.1, -0.05) is 24.3 Å². The van der Waals surface area contributed by atoms with Crippen molar-refractivity contribution in [2.24, 2.45) is 0 Å². The second-order valence-corrected chi connectivity index (χ2v) is 6.40. The molecule has 2 amide bonds. The predicted octanol–water partition coefficient (Wildman–Crippen LogP) is 2.28. The summed E-state index contributed by atoms with van der Waals surface area (Å²) < 4.78 is 10.4. The summed E-state index contributed by atoms with van der Waals surface area (Å²) in [5, 5.41) is 5.69. The summed E-state index contributed by atoms with van der Waals surface area (Å²) in [5.74, 6) is 1.01. The molecule has 0 aliphatic heterocycles. The Morgan fingerprint density at radius 1 is 1.07 bits per heavy atom. The van der Waals surface area contributed by atoms with Crippen LogP contribution >= 0.6 is 0 Å². The molecule has 7 heteroatoms. The van der Waals surface area contributed by atoms with E-state index in [4.69, 9.17) is 9.47 Å². The molecular formula is C21H27N3O4. The molecule has 0 saturated heterocycles. The molecule has 0 aliphatic carbocycles. The molecule has 0 saturated carbocycles. The van der Waals surface area contributed by atoms with Crippen LogP contribution in [0.4, 0.5) is 5.69 Å². The largest absolute Gasteiger partial charge is 0.497 e. The van der Waals surface area contributed by atoms with Gasteiger partial charge in [0.2, 0.25) is 11.8 Å². The third-order valence-electron chi connectivity index (χ3n) is 4.43. The van der Waals surface area contributed by atoms with Gasteiger partial charge in [0.05, 0.1) is 26.8 Å². The Balaban J connectivity index is 1.85. The molecule has 28 heavy (non-hydrogen) atoms. The van der Waals surface area contributed by atoms with Gasteiger partial charge in [0, 0.05) is 23.9 Å². The Morgan fingerprint density at radius 3 is 2.54 bits per heavy atom. The van der Waals surface area contributed by atoms with E-state index in [1.807, 2.05) is 24.3 Å². The monoisotopic (exact) mass is 385 g/mol. The molecule has 2 aromatic rings. The van der Waals surface area contributed by atoms with Crippen LogP contribution in [0.5, 0.6) is 11.5 Å². The van der Waals surface area contributed by atoms with E-state index in [1.54, 1.807) is 57.4 Å². The summed E-state index contributed by atoms with van der Waals surface area (Å²) in [4.78, 5) is 26.4. The minimum atomic E-state index is -0.467. The molecule has 2 aromatic carbocycles. The van der Waals surface area contributed by atoms with Crippen molar-refractivity contribution in [3.05, 3.63) is 54.1 Å². The number of hydrogen-bond donors (Lipinski definition) is 2. The van der Waals surface area contributed by atoms with Gasteiger partial charge in [0.15, 0.2) is 0 Å². The number of methoxy groups -OCH3 is 2. The molecule has 0 radical (unpaired) electrons. The van der Waals surface area contributed by atoms with E-state index >= 15 is 0 Å². The van der Waals surface area contributed by atoms with E-state index in [0.717, 1.165) is 11.3 Å². The molecule has 2 rings (SSSR count). The second-order valence-electron chi connectivity index (χ2n) is 6.40. The van der Waals surface area contributed by atoms with Crippen LogP contribution in [0, 0.1) is 0 Å². The number of para-hydroxylation sites is 1. The lowest BCUT2D eigenvalue weighted by atomic mass is 10.2. The van der Waals surface area contributed by atoms with Gasteiger partial charge in [-0.15, -0.1) is 0 Å². The van der Waals surface area contributed by atoms with Crippen molar-refractivity contribution in [3.8, 4) is 11.5 Å². The van der Waals surface area contributed by atoms with Gasteiger partial charge in [-0.25, -0.2) is 0 Å². The highest BCUT2D eigenvalue weighted by Gasteiger charge is 2.20. The molecule has 0 fully saturated rings. The van der Waals surface area contributed by atoms with E-state index < -0.39 is 6.04 Å². The average Bonchev–Trinajstić information content (AvgIpc) is 2.71. The zero-order valence-electron chi connectivity index (χ0n) is 16.7. The summed E-state index contributed by atoms with van der Waals surface area (Å²) in [7, 11) is 4.90. The number of amides is 2. The van der Waals surface area contributed by atoms with Crippen molar-refractivity contribution in [2.45, 2.75) is 19.5 Å². The number of anilines is 1. The van der Waals surface area contributed by atoms with Crippen molar-refractivity contribution in [1.29, 1.82) is 0 Å². The number of ether oxygens (including phenoxy) is 2. The minimum absolute atomic E-state index is 0.0838. The molecule has 0 heterocycles. The zero-order chi connectivity index (χ0) is 20.5. The maximum Gasteiger partial charge on any atom is 0.238 e. The van der Waals surface area contributed by atoms with Crippen molar-refractivity contribution >= 4 is 17.5 Å². The molecule has 1 unspecified atom stereocenters. The summed E-state index contributed by atoms with van der Waals surface area (Å²) in [6.07, 6.45) is 0. The lowest BCUT2D eigenvalue weighted by molar-refractivity contribution is -0.126. The highest BCUT2D eigenvalue weighted by molar-refractivity contribution is 5.93. The molecule has 7 nitrogen and oxygen atoms in total. The van der Waals surface area contributed by atoms with Crippen LogP contribution in [0.2, 0.25) is 0 Å². The molecule has 0 bridgehead atoms. The molecule has 2 N–H and O–H groups in total. The van der Waals surface area contributed by atoms with Crippen molar-refractivity contribution in [2.75, 3.05) is 33.1 Å². The summed E-state index contributed by atoms with van der Waals surface area (Å²) in [6.45, 7) is 2.20. The number of carbonyl (C=O) groups excluding carboxylic acids is 2. The molecule has 0 aromatic heterocycles. The van der Waals surface area contributed by atoms with E-state index in [0.29, 0.717) is 18.0 Å². The van der Waals surface area contributed by atoms with E-state index in [1.165, 1.54) is 0 Å². The number of benzene rings is 2. The lowest BCUT2D eigenvalue weighted by Gasteiger charge is -2.23. The van der Waals surface area contributed by atoms with E-state index in [2.05, 4.69) is 10.6 Å². The van der Waals surface area contributed by atoms with Gasteiger partial charge < -0.3 is 20.1 Å². The van der Waals surface area contributed by atoms with Crippen molar-refractivity contribution in [3.63, 3.8) is 0 Å². The number of likely N-dealkylation sites (N-methyl/N-ethyl adjacent to an activating group) is 1. The number of carbonyl (C=O) groups is 2. The smallest absolute Gasteiger partial charge is 0.238 e. The van der Waals surface area contributed by atoms with Gasteiger partial charge in [-0.2, -0.15) is 0 Å². The van der Waals surface area contributed by atoms with Crippen LogP contribution < -0.4 is 20.1 Å². The quantitative estimate of drug-likeness (QED) is 0.692. The van der Waals surface area contributed by atoms with Gasteiger partial charge in [0.1, 0.15) is 11.5 Å². The first-order valence-electron chi connectivity index (χ1n) is 8.98. The zero-order valence-corrected chi connectivity index (χ0v) is 16.7. The average molecular weight is 385 g/mol. The summed E-state index contributed by atoms with van der Waals surface area (Å²) >= 11 is 0. The van der Waals surface area contributed by atoms with Gasteiger partial charge in [0.25, 0.3) is 0 Å². The summed E-state index contributed by atoms with van der Waals surface area (Å²) in [5.41, 5.74) is 1.54. The Morgan fingerprint density at radius 2 is 1.82 bits per heavy atom. The van der Waals surface area contributed by atoms with Crippen LogP contribution in [0.1, 0.15) is 12.5 Å². The normalized spacial score (nSPS) is 11.6. The minimum Gasteiger partial charge on any atom is -0.497 e. The molecule has 150 valence electrons.